The number of hydrogen-bond acceptors (Lipinski definition) is 6. The molecule has 0 aliphatic heterocycles. The van der Waals surface area contributed by atoms with Crippen molar-refractivity contribution >= 4 is 28.1 Å². The number of anilines is 3. The summed E-state index contributed by atoms with van der Waals surface area (Å²) in [5.41, 5.74) is 17.0. The minimum absolute atomic E-state index is 0.487. The van der Waals surface area contributed by atoms with Gasteiger partial charge in [-0.3, -0.25) is 0 Å². The molecule has 158 valence electrons. The number of aromatic nitrogens is 1. The molecule has 1 heterocycles. The van der Waals surface area contributed by atoms with Gasteiger partial charge in [-0.25, -0.2) is 4.98 Å². The zero-order valence-corrected chi connectivity index (χ0v) is 17.7. The predicted octanol–water partition coefficient (Wildman–Crippen LogP) is 4.62. The molecule has 0 saturated carbocycles. The zero-order valence-electron chi connectivity index (χ0n) is 17.7. The Bertz CT molecular complexity index is 1130. The Kier molecular flexibility index (Phi) is 5.80. The normalized spacial score (nSPS) is 10.8. The lowest BCUT2D eigenvalue weighted by atomic mass is 10.1. The topological polar surface area (TPSA) is 86.6 Å². The minimum Gasteiger partial charge on any atom is -0.497 e. The lowest BCUT2D eigenvalue weighted by molar-refractivity contribution is 0.414. The summed E-state index contributed by atoms with van der Waals surface area (Å²) in [5.74, 6) is 2.30. The maximum Gasteiger partial charge on any atom is 0.155 e. The molecule has 4 N–H and O–H groups in total. The summed E-state index contributed by atoms with van der Waals surface area (Å²) >= 11 is 0. The number of nitrogens with two attached hydrogens (primary N) is 2. The van der Waals surface area contributed by atoms with Crippen LogP contribution in [0.3, 0.4) is 0 Å². The number of nitrogen functional groups attached to an aromatic ring is 2. The summed E-state index contributed by atoms with van der Waals surface area (Å²) < 4.78 is 10.6. The Morgan fingerprint density at radius 3 is 1.74 bits per heavy atom. The molecule has 4 aromatic rings. The standard InChI is InChI=1S/C25H26N4O2/c1-30-19-11-7-17(8-12-19)15-29(16-18-9-13-20(31-2)14-10-18)25-24(27)23(26)21-5-3-4-6-22(21)28-25/h3-14H,15-16,27H2,1-2H3,(H2,26,28). The number of benzene rings is 3. The van der Waals surface area contributed by atoms with Gasteiger partial charge in [-0.15, -0.1) is 0 Å². The average molecular weight is 415 g/mol. The summed E-state index contributed by atoms with van der Waals surface area (Å²) in [7, 11) is 3.32. The lowest BCUT2D eigenvalue weighted by Crippen LogP contribution is -2.25. The van der Waals surface area contributed by atoms with Crippen molar-refractivity contribution in [1.82, 2.24) is 4.98 Å². The van der Waals surface area contributed by atoms with Crippen LogP contribution in [-0.2, 0) is 13.1 Å². The number of nitrogens with zero attached hydrogens (tertiary/aromatic N) is 2. The Labute approximate surface area is 182 Å². The Hall–Kier alpha value is -3.93. The number of hydrogen-bond donors (Lipinski definition) is 2. The summed E-state index contributed by atoms with van der Waals surface area (Å²) in [6.07, 6.45) is 0. The van der Waals surface area contributed by atoms with Gasteiger partial charge in [-0.2, -0.15) is 0 Å². The number of rotatable bonds is 7. The fraction of sp³-hybridized carbons (Fsp3) is 0.160. The Balaban J connectivity index is 1.75. The SMILES string of the molecule is COc1ccc(CN(Cc2ccc(OC)cc2)c2nc3ccccc3c(N)c2N)cc1. The summed E-state index contributed by atoms with van der Waals surface area (Å²) in [6.45, 7) is 1.23. The van der Waals surface area contributed by atoms with Crippen LogP contribution in [0.5, 0.6) is 11.5 Å². The second kappa shape index (κ2) is 8.83. The number of methoxy groups -OCH3 is 2. The van der Waals surface area contributed by atoms with Crippen molar-refractivity contribution in [3.8, 4) is 11.5 Å². The van der Waals surface area contributed by atoms with Gasteiger partial charge in [0.15, 0.2) is 5.82 Å². The van der Waals surface area contributed by atoms with Gasteiger partial charge in [-0.05, 0) is 41.5 Å². The van der Waals surface area contributed by atoms with Crippen molar-refractivity contribution < 1.29 is 9.47 Å². The molecule has 0 bridgehead atoms. The van der Waals surface area contributed by atoms with E-state index in [1.165, 1.54) is 0 Å². The van der Waals surface area contributed by atoms with Gasteiger partial charge < -0.3 is 25.8 Å². The maximum absolute atomic E-state index is 6.48. The first-order chi connectivity index (χ1) is 15.1. The van der Waals surface area contributed by atoms with Crippen molar-refractivity contribution in [3.05, 3.63) is 83.9 Å². The first kappa shape index (κ1) is 20.3. The lowest BCUT2D eigenvalue weighted by Gasteiger charge is -2.26. The van der Waals surface area contributed by atoms with Crippen LogP contribution in [0.25, 0.3) is 10.9 Å². The molecule has 6 heteroatoms. The van der Waals surface area contributed by atoms with Gasteiger partial charge in [0.25, 0.3) is 0 Å². The molecular weight excluding hydrogens is 388 g/mol. The third-order valence-electron chi connectivity index (χ3n) is 5.32. The molecule has 1 aromatic heterocycles. The van der Waals surface area contributed by atoms with E-state index in [0.717, 1.165) is 33.5 Å². The van der Waals surface area contributed by atoms with E-state index in [-0.39, 0.29) is 0 Å². The van der Waals surface area contributed by atoms with Gasteiger partial charge >= 0.3 is 0 Å². The highest BCUT2D eigenvalue weighted by Gasteiger charge is 2.17. The fourth-order valence-corrected chi connectivity index (χ4v) is 3.59. The number of fused-ring (bicyclic) bond motifs is 1. The second-order valence-electron chi connectivity index (χ2n) is 7.33. The number of pyridine rings is 1. The van der Waals surface area contributed by atoms with Crippen LogP contribution in [0.15, 0.2) is 72.8 Å². The van der Waals surface area contributed by atoms with Crippen LogP contribution in [-0.4, -0.2) is 19.2 Å². The Morgan fingerprint density at radius 2 is 1.23 bits per heavy atom. The van der Waals surface area contributed by atoms with E-state index < -0.39 is 0 Å². The van der Waals surface area contributed by atoms with E-state index in [2.05, 4.69) is 4.90 Å². The van der Waals surface area contributed by atoms with E-state index in [1.54, 1.807) is 14.2 Å². The van der Waals surface area contributed by atoms with Gasteiger partial charge in [0, 0.05) is 18.5 Å². The zero-order chi connectivity index (χ0) is 21.8. The molecule has 0 amide bonds. The van der Waals surface area contributed by atoms with Crippen molar-refractivity contribution in [3.63, 3.8) is 0 Å². The van der Waals surface area contributed by atoms with Crippen LogP contribution in [0, 0.1) is 0 Å². The third kappa shape index (κ3) is 4.33. The van der Waals surface area contributed by atoms with E-state index >= 15 is 0 Å². The monoisotopic (exact) mass is 414 g/mol. The molecule has 0 aliphatic rings. The fourth-order valence-electron chi connectivity index (χ4n) is 3.59. The van der Waals surface area contributed by atoms with Gasteiger partial charge in [0.05, 0.1) is 31.1 Å². The highest BCUT2D eigenvalue weighted by atomic mass is 16.5. The van der Waals surface area contributed by atoms with Crippen molar-refractivity contribution in [2.24, 2.45) is 0 Å². The smallest absolute Gasteiger partial charge is 0.155 e. The molecule has 0 unspecified atom stereocenters. The van der Waals surface area contributed by atoms with E-state index in [4.69, 9.17) is 25.9 Å². The maximum atomic E-state index is 6.48. The molecule has 0 aliphatic carbocycles. The van der Waals surface area contributed by atoms with Crippen LogP contribution in [0.4, 0.5) is 17.2 Å². The van der Waals surface area contributed by atoms with E-state index in [1.807, 2.05) is 72.8 Å². The van der Waals surface area contributed by atoms with Gasteiger partial charge in [0.2, 0.25) is 0 Å². The first-order valence-electron chi connectivity index (χ1n) is 10.0. The summed E-state index contributed by atoms with van der Waals surface area (Å²) in [6, 6.07) is 23.8. The highest BCUT2D eigenvalue weighted by Crippen LogP contribution is 2.34. The molecule has 0 saturated heterocycles. The third-order valence-corrected chi connectivity index (χ3v) is 5.32. The van der Waals surface area contributed by atoms with Crippen molar-refractivity contribution in [2.45, 2.75) is 13.1 Å². The van der Waals surface area contributed by atoms with E-state index in [9.17, 15) is 0 Å². The molecule has 0 fully saturated rings. The quantitative estimate of drug-likeness (QED) is 0.459. The van der Waals surface area contributed by atoms with Crippen LogP contribution in [0.1, 0.15) is 11.1 Å². The molecular formula is C25H26N4O2. The molecule has 0 atom stereocenters. The molecule has 0 spiro atoms. The largest absolute Gasteiger partial charge is 0.497 e. The van der Waals surface area contributed by atoms with Gasteiger partial charge in [0.1, 0.15) is 11.5 Å². The van der Waals surface area contributed by atoms with Crippen LogP contribution < -0.4 is 25.8 Å². The highest BCUT2D eigenvalue weighted by molar-refractivity contribution is 6.00. The Morgan fingerprint density at radius 1 is 0.710 bits per heavy atom. The molecule has 0 radical (unpaired) electrons. The van der Waals surface area contributed by atoms with E-state index in [0.29, 0.717) is 30.3 Å². The molecule has 31 heavy (non-hydrogen) atoms. The number of ether oxygens (including phenoxy) is 2. The summed E-state index contributed by atoms with van der Waals surface area (Å²) in [4.78, 5) is 7.01. The minimum atomic E-state index is 0.487. The molecule has 6 nitrogen and oxygen atoms in total. The number of para-hydroxylation sites is 1. The van der Waals surface area contributed by atoms with Crippen LogP contribution in [0.2, 0.25) is 0 Å². The van der Waals surface area contributed by atoms with Crippen LogP contribution >= 0.6 is 0 Å². The predicted molar refractivity (Wildman–Crippen MR) is 126 cm³/mol. The average Bonchev–Trinajstić information content (AvgIpc) is 2.82. The first-order valence-corrected chi connectivity index (χ1v) is 10.0. The summed E-state index contributed by atoms with van der Waals surface area (Å²) in [5, 5.41) is 0.859. The second-order valence-corrected chi connectivity index (χ2v) is 7.33. The van der Waals surface area contributed by atoms with Crippen molar-refractivity contribution in [2.75, 3.05) is 30.6 Å². The molecule has 3 aromatic carbocycles. The van der Waals surface area contributed by atoms with Crippen molar-refractivity contribution in [1.29, 1.82) is 0 Å². The van der Waals surface area contributed by atoms with Gasteiger partial charge in [-0.1, -0.05) is 42.5 Å². The molecule has 4 rings (SSSR count).